The Kier molecular flexibility index (Phi) is 6.87. The van der Waals surface area contributed by atoms with E-state index >= 15 is 0 Å². The Labute approximate surface area is 189 Å². The zero-order valence-electron chi connectivity index (χ0n) is 18.2. The fourth-order valence-electron chi connectivity index (χ4n) is 4.68. The van der Waals surface area contributed by atoms with Crippen LogP contribution in [0.15, 0.2) is 72.8 Å². The van der Waals surface area contributed by atoms with Crippen molar-refractivity contribution >= 4 is 28.3 Å². The number of benzene rings is 3. The number of terminal acetylenes is 1. The summed E-state index contributed by atoms with van der Waals surface area (Å²) in [6.07, 6.45) is 10.8. The maximum absolute atomic E-state index is 13.6. The zero-order chi connectivity index (χ0) is 22.3. The Morgan fingerprint density at radius 1 is 0.938 bits per heavy atom. The van der Waals surface area contributed by atoms with Gasteiger partial charge in [0.2, 0.25) is 5.91 Å². The monoisotopic (exact) mass is 424 g/mol. The van der Waals surface area contributed by atoms with Gasteiger partial charge in [-0.15, -0.1) is 6.42 Å². The van der Waals surface area contributed by atoms with E-state index in [1.54, 1.807) is 17.0 Å². The minimum atomic E-state index is -0.606. The minimum absolute atomic E-state index is 0.0882. The van der Waals surface area contributed by atoms with Gasteiger partial charge in [-0.05, 0) is 53.8 Å². The molecule has 32 heavy (non-hydrogen) atoms. The number of carbonyl (C=O) groups excluding carboxylic acids is 2. The van der Waals surface area contributed by atoms with Crippen molar-refractivity contribution in [2.75, 3.05) is 11.9 Å². The molecule has 4 rings (SSSR count). The van der Waals surface area contributed by atoms with Gasteiger partial charge >= 0.3 is 0 Å². The standard InChI is InChI=1S/C28H28N2O2/c1-2-19-30(28(32)23-14-7-4-8-15-23)26(22-12-5-3-6-13-22)27(31)29-25-18-17-21-11-9-10-16-24(21)20-25/h1,4,7-11,14-18,20,22,26H,3,5-6,12-13,19H2,(H,29,31). The Morgan fingerprint density at radius 3 is 2.34 bits per heavy atom. The molecule has 162 valence electrons. The molecule has 0 bridgehead atoms. The molecule has 1 unspecified atom stereocenters. The number of amides is 2. The molecule has 0 radical (unpaired) electrons. The normalized spacial score (nSPS) is 15.0. The molecule has 0 aromatic heterocycles. The van der Waals surface area contributed by atoms with Crippen LogP contribution >= 0.6 is 0 Å². The third-order valence-electron chi connectivity index (χ3n) is 6.26. The molecule has 1 aliphatic rings. The average Bonchev–Trinajstić information content (AvgIpc) is 2.84. The number of carbonyl (C=O) groups is 2. The van der Waals surface area contributed by atoms with Crippen LogP contribution in [0, 0.1) is 18.3 Å². The molecule has 0 saturated heterocycles. The van der Waals surface area contributed by atoms with Crippen molar-refractivity contribution in [2.24, 2.45) is 5.92 Å². The number of hydrogen-bond donors (Lipinski definition) is 1. The molecule has 3 aromatic rings. The number of anilines is 1. The van der Waals surface area contributed by atoms with Gasteiger partial charge in [-0.3, -0.25) is 9.59 Å². The van der Waals surface area contributed by atoms with Gasteiger partial charge in [-0.1, -0.05) is 73.7 Å². The highest BCUT2D eigenvalue weighted by Gasteiger charge is 2.37. The van der Waals surface area contributed by atoms with Gasteiger partial charge in [0, 0.05) is 11.3 Å². The molecule has 1 atom stereocenters. The second-order valence-corrected chi connectivity index (χ2v) is 8.40. The van der Waals surface area contributed by atoms with Crippen molar-refractivity contribution in [3.05, 3.63) is 78.4 Å². The quantitative estimate of drug-likeness (QED) is 0.531. The van der Waals surface area contributed by atoms with E-state index in [2.05, 4.69) is 11.2 Å². The lowest BCUT2D eigenvalue weighted by Gasteiger charge is -2.37. The van der Waals surface area contributed by atoms with Gasteiger partial charge < -0.3 is 10.2 Å². The molecule has 4 nitrogen and oxygen atoms in total. The molecule has 0 spiro atoms. The highest BCUT2D eigenvalue weighted by atomic mass is 16.2. The molecular weight excluding hydrogens is 396 g/mol. The molecule has 1 aliphatic carbocycles. The first-order valence-electron chi connectivity index (χ1n) is 11.3. The first kappa shape index (κ1) is 21.6. The molecule has 0 aliphatic heterocycles. The summed E-state index contributed by atoms with van der Waals surface area (Å²) in [5.74, 6) is 2.32. The number of hydrogen-bond acceptors (Lipinski definition) is 2. The first-order valence-corrected chi connectivity index (χ1v) is 11.3. The summed E-state index contributed by atoms with van der Waals surface area (Å²) < 4.78 is 0. The van der Waals surface area contributed by atoms with E-state index in [1.165, 1.54) is 0 Å². The third-order valence-corrected chi connectivity index (χ3v) is 6.26. The van der Waals surface area contributed by atoms with Gasteiger partial charge in [0.15, 0.2) is 0 Å². The van der Waals surface area contributed by atoms with Gasteiger partial charge in [0.25, 0.3) is 5.91 Å². The van der Waals surface area contributed by atoms with Crippen molar-refractivity contribution in [3.8, 4) is 12.3 Å². The summed E-state index contributed by atoms with van der Waals surface area (Å²) in [6, 6.07) is 22.4. The highest BCUT2D eigenvalue weighted by molar-refractivity contribution is 6.02. The minimum Gasteiger partial charge on any atom is -0.324 e. The lowest BCUT2D eigenvalue weighted by molar-refractivity contribution is -0.122. The summed E-state index contributed by atoms with van der Waals surface area (Å²) in [4.78, 5) is 28.6. The maximum atomic E-state index is 13.6. The van der Waals surface area contributed by atoms with Gasteiger partial charge in [-0.2, -0.15) is 0 Å². The largest absolute Gasteiger partial charge is 0.324 e. The van der Waals surface area contributed by atoms with Crippen LogP contribution in [-0.2, 0) is 4.79 Å². The van der Waals surface area contributed by atoms with E-state index < -0.39 is 6.04 Å². The topological polar surface area (TPSA) is 49.4 Å². The van der Waals surface area contributed by atoms with Crippen LogP contribution < -0.4 is 5.32 Å². The molecule has 2 amide bonds. The van der Waals surface area contributed by atoms with Crippen molar-refractivity contribution in [2.45, 2.75) is 38.1 Å². The molecule has 1 N–H and O–H groups in total. The average molecular weight is 425 g/mol. The Hall–Kier alpha value is -3.58. The summed E-state index contributed by atoms with van der Waals surface area (Å²) in [5.41, 5.74) is 1.27. The van der Waals surface area contributed by atoms with Crippen molar-refractivity contribution in [1.29, 1.82) is 0 Å². The lowest BCUT2D eigenvalue weighted by atomic mass is 9.82. The summed E-state index contributed by atoms with van der Waals surface area (Å²) >= 11 is 0. The van der Waals surface area contributed by atoms with Gasteiger partial charge in [0.05, 0.1) is 6.54 Å². The Morgan fingerprint density at radius 2 is 1.62 bits per heavy atom. The van der Waals surface area contributed by atoms with Crippen LogP contribution in [-0.4, -0.2) is 29.3 Å². The number of nitrogens with one attached hydrogen (secondary N) is 1. The summed E-state index contributed by atoms with van der Waals surface area (Å²) in [7, 11) is 0. The van der Waals surface area contributed by atoms with Gasteiger partial charge in [0.1, 0.15) is 6.04 Å². The number of rotatable bonds is 6. The molecular formula is C28H28N2O2. The van der Waals surface area contributed by atoms with Crippen molar-refractivity contribution < 1.29 is 9.59 Å². The van der Waals surface area contributed by atoms with E-state index in [1.807, 2.05) is 60.7 Å². The Bertz CT molecular complexity index is 1130. The summed E-state index contributed by atoms with van der Waals surface area (Å²) in [5, 5.41) is 5.24. The number of nitrogens with zero attached hydrogens (tertiary/aromatic N) is 1. The molecule has 4 heteroatoms. The lowest BCUT2D eigenvalue weighted by Crippen LogP contribution is -2.52. The second kappa shape index (κ2) is 10.2. The SMILES string of the molecule is C#CCN(C(=O)c1ccccc1)C(C(=O)Nc1ccc2ccccc2c1)C1CCCCC1. The number of fused-ring (bicyclic) bond motifs is 1. The van der Waals surface area contributed by atoms with E-state index in [0.717, 1.165) is 48.6 Å². The zero-order valence-corrected chi connectivity index (χ0v) is 18.2. The Balaban J connectivity index is 1.65. The smallest absolute Gasteiger partial charge is 0.255 e. The van der Waals surface area contributed by atoms with Crippen LogP contribution in [0.4, 0.5) is 5.69 Å². The third kappa shape index (κ3) is 4.84. The van der Waals surface area contributed by atoms with Crippen molar-refractivity contribution in [3.63, 3.8) is 0 Å². The van der Waals surface area contributed by atoms with Crippen LogP contribution in [0.1, 0.15) is 42.5 Å². The van der Waals surface area contributed by atoms with Crippen molar-refractivity contribution in [1.82, 2.24) is 4.90 Å². The van der Waals surface area contributed by atoms with Gasteiger partial charge in [-0.25, -0.2) is 0 Å². The first-order chi connectivity index (χ1) is 15.7. The van der Waals surface area contributed by atoms with E-state index in [9.17, 15) is 9.59 Å². The maximum Gasteiger partial charge on any atom is 0.255 e. The van der Waals surface area contributed by atoms with E-state index in [-0.39, 0.29) is 24.3 Å². The van der Waals surface area contributed by atoms with Crippen LogP contribution in [0.5, 0.6) is 0 Å². The second-order valence-electron chi connectivity index (χ2n) is 8.40. The predicted molar refractivity (Wildman–Crippen MR) is 129 cm³/mol. The fraction of sp³-hybridized carbons (Fsp3) is 0.286. The molecule has 1 fully saturated rings. The fourth-order valence-corrected chi connectivity index (χ4v) is 4.68. The molecule has 1 saturated carbocycles. The van der Waals surface area contributed by atoms with Crippen LogP contribution in [0.2, 0.25) is 0 Å². The summed E-state index contributed by atoms with van der Waals surface area (Å²) in [6.45, 7) is 0.0973. The van der Waals surface area contributed by atoms with E-state index in [4.69, 9.17) is 6.42 Å². The van der Waals surface area contributed by atoms with Crippen LogP contribution in [0.3, 0.4) is 0 Å². The highest BCUT2D eigenvalue weighted by Crippen LogP contribution is 2.31. The predicted octanol–water partition coefficient (Wildman–Crippen LogP) is 5.50. The molecule has 3 aromatic carbocycles. The van der Waals surface area contributed by atoms with E-state index in [0.29, 0.717) is 5.56 Å². The molecule has 0 heterocycles. The van der Waals surface area contributed by atoms with Crippen LogP contribution in [0.25, 0.3) is 10.8 Å².